The van der Waals surface area contributed by atoms with Crippen LogP contribution in [0.3, 0.4) is 0 Å². The highest BCUT2D eigenvalue weighted by Gasteiger charge is 2.55. The highest BCUT2D eigenvalue weighted by Crippen LogP contribution is 2.52. The highest BCUT2D eigenvalue weighted by molar-refractivity contribution is 6.26. The van der Waals surface area contributed by atoms with E-state index in [9.17, 15) is 22.8 Å². The van der Waals surface area contributed by atoms with Crippen molar-refractivity contribution in [2.24, 2.45) is 16.3 Å². The van der Waals surface area contributed by atoms with E-state index >= 15 is 0 Å². The number of rotatable bonds is 2. The van der Waals surface area contributed by atoms with Crippen LogP contribution in [0, 0.1) is 11.3 Å². The number of alkyl halides is 3. The zero-order valence-corrected chi connectivity index (χ0v) is 15.2. The molecule has 3 aliphatic rings. The second-order valence-corrected chi connectivity index (χ2v) is 8.69. The van der Waals surface area contributed by atoms with E-state index < -0.39 is 30.3 Å². The molecular weight excluding hydrogens is 351 g/mol. The Hall–Kier alpha value is -1.80. The minimum absolute atomic E-state index is 0.0396. The SMILES string of the molecule is CC(C)(C)OC(=O)N1CC2(CC(CN3CC(C(F)(F)F)N=CC3=O)C2)C1. The summed E-state index contributed by atoms with van der Waals surface area (Å²) in [6.07, 6.45) is -2.36. The third-order valence-corrected chi connectivity index (χ3v) is 5.07. The number of hydrogen-bond acceptors (Lipinski definition) is 4. The highest BCUT2D eigenvalue weighted by atomic mass is 19.4. The summed E-state index contributed by atoms with van der Waals surface area (Å²) >= 11 is 0. The molecule has 0 bridgehead atoms. The number of nitrogens with zero attached hydrogens (tertiary/aromatic N) is 3. The van der Waals surface area contributed by atoms with E-state index in [1.807, 2.05) is 20.8 Å². The fourth-order valence-corrected chi connectivity index (χ4v) is 4.02. The first kappa shape index (κ1) is 19.0. The second kappa shape index (κ2) is 6.13. The van der Waals surface area contributed by atoms with Crippen molar-refractivity contribution in [1.29, 1.82) is 0 Å². The van der Waals surface area contributed by atoms with Crippen molar-refractivity contribution < 1.29 is 27.5 Å². The summed E-state index contributed by atoms with van der Waals surface area (Å²) in [6.45, 7) is 6.56. The van der Waals surface area contributed by atoms with E-state index in [0.29, 0.717) is 19.6 Å². The van der Waals surface area contributed by atoms with E-state index in [1.165, 1.54) is 4.90 Å². The monoisotopic (exact) mass is 375 g/mol. The van der Waals surface area contributed by atoms with Gasteiger partial charge in [0.15, 0.2) is 6.04 Å². The molecule has 1 unspecified atom stereocenters. The molecular formula is C17H24F3N3O3. The lowest BCUT2D eigenvalue weighted by atomic mass is 9.57. The molecule has 1 aliphatic carbocycles. The van der Waals surface area contributed by atoms with Gasteiger partial charge in [-0.1, -0.05) is 0 Å². The van der Waals surface area contributed by atoms with E-state index in [2.05, 4.69) is 4.99 Å². The largest absolute Gasteiger partial charge is 0.444 e. The zero-order chi connectivity index (χ0) is 19.3. The summed E-state index contributed by atoms with van der Waals surface area (Å²) in [6, 6.07) is -1.83. The lowest BCUT2D eigenvalue weighted by molar-refractivity contribution is -0.158. The van der Waals surface area contributed by atoms with E-state index in [1.54, 1.807) is 4.90 Å². The first-order valence-corrected chi connectivity index (χ1v) is 8.74. The molecule has 2 fully saturated rings. The Morgan fingerprint density at radius 2 is 1.92 bits per heavy atom. The Labute approximate surface area is 150 Å². The van der Waals surface area contributed by atoms with Crippen molar-refractivity contribution in [3.05, 3.63) is 0 Å². The predicted molar refractivity (Wildman–Crippen MR) is 87.9 cm³/mol. The van der Waals surface area contributed by atoms with Crippen molar-refractivity contribution in [3.63, 3.8) is 0 Å². The van der Waals surface area contributed by atoms with Gasteiger partial charge in [0.2, 0.25) is 0 Å². The maximum atomic E-state index is 12.8. The first-order chi connectivity index (χ1) is 11.9. The van der Waals surface area contributed by atoms with Gasteiger partial charge in [0.25, 0.3) is 5.91 Å². The van der Waals surface area contributed by atoms with Gasteiger partial charge in [-0.3, -0.25) is 9.79 Å². The molecule has 1 atom stereocenters. The summed E-state index contributed by atoms with van der Waals surface area (Å²) < 4.78 is 43.7. The van der Waals surface area contributed by atoms with Gasteiger partial charge in [-0.05, 0) is 39.5 Å². The maximum Gasteiger partial charge on any atom is 0.412 e. The molecule has 0 N–H and O–H groups in total. The topological polar surface area (TPSA) is 62.2 Å². The third kappa shape index (κ3) is 3.96. The van der Waals surface area contributed by atoms with Gasteiger partial charge in [-0.25, -0.2) is 4.79 Å². The Morgan fingerprint density at radius 1 is 1.31 bits per heavy atom. The van der Waals surface area contributed by atoms with Crippen molar-refractivity contribution in [3.8, 4) is 0 Å². The number of amides is 2. The van der Waals surface area contributed by atoms with Crippen LogP contribution in [-0.2, 0) is 9.53 Å². The molecule has 0 aromatic rings. The maximum absolute atomic E-state index is 12.8. The van der Waals surface area contributed by atoms with Crippen molar-refractivity contribution in [2.45, 2.75) is 51.4 Å². The Balaban J connectivity index is 1.45. The Morgan fingerprint density at radius 3 is 2.46 bits per heavy atom. The van der Waals surface area contributed by atoms with Crippen LogP contribution in [0.4, 0.5) is 18.0 Å². The standard InChI is InChI=1S/C17H24F3N3O3/c1-15(2,3)26-14(25)23-9-16(10-23)4-11(5-16)7-22-8-12(17(18,19)20)21-6-13(22)24/h6,11-12H,4-5,7-10H2,1-3H3. The number of aliphatic imine (C=N–C) groups is 1. The van der Waals surface area contributed by atoms with E-state index in [-0.39, 0.29) is 17.4 Å². The van der Waals surface area contributed by atoms with Crippen LogP contribution in [0.1, 0.15) is 33.6 Å². The molecule has 1 saturated carbocycles. The number of likely N-dealkylation sites (tertiary alicyclic amines) is 1. The Bertz CT molecular complexity index is 613. The van der Waals surface area contributed by atoms with Crippen LogP contribution in [0.5, 0.6) is 0 Å². The summed E-state index contributed by atoms with van der Waals surface area (Å²) in [7, 11) is 0. The molecule has 1 saturated heterocycles. The summed E-state index contributed by atoms with van der Waals surface area (Å²) in [5.41, 5.74) is -0.495. The van der Waals surface area contributed by atoms with Crippen molar-refractivity contribution in [1.82, 2.24) is 9.80 Å². The quantitative estimate of drug-likeness (QED) is 0.745. The molecule has 3 rings (SSSR count). The van der Waals surface area contributed by atoms with E-state index in [4.69, 9.17) is 4.74 Å². The Kier molecular flexibility index (Phi) is 4.47. The molecule has 0 radical (unpaired) electrons. The summed E-state index contributed by atoms with van der Waals surface area (Å²) in [4.78, 5) is 30.0. The fourth-order valence-electron chi connectivity index (χ4n) is 4.02. The van der Waals surface area contributed by atoms with Gasteiger partial charge in [0, 0.05) is 25.0 Å². The normalized spacial score (nSPS) is 25.9. The van der Waals surface area contributed by atoms with E-state index in [0.717, 1.165) is 19.1 Å². The smallest absolute Gasteiger partial charge is 0.412 e. The van der Waals surface area contributed by atoms with Crippen LogP contribution in [-0.4, -0.2) is 72.0 Å². The van der Waals surface area contributed by atoms with Gasteiger partial charge in [0.1, 0.15) is 5.60 Å². The number of carbonyl (C=O) groups is 2. The molecule has 0 aromatic heterocycles. The molecule has 2 aliphatic heterocycles. The van der Waals surface area contributed by atoms with Gasteiger partial charge in [0.05, 0.1) is 12.8 Å². The lowest BCUT2D eigenvalue weighted by Gasteiger charge is -2.59. The van der Waals surface area contributed by atoms with Crippen LogP contribution in [0.2, 0.25) is 0 Å². The summed E-state index contributed by atoms with van der Waals surface area (Å²) in [5, 5.41) is 0. The second-order valence-electron chi connectivity index (χ2n) is 8.69. The van der Waals surface area contributed by atoms with Gasteiger partial charge < -0.3 is 14.5 Å². The number of hydrogen-bond donors (Lipinski definition) is 0. The fraction of sp³-hybridized carbons (Fsp3) is 0.824. The zero-order valence-electron chi connectivity index (χ0n) is 15.2. The van der Waals surface area contributed by atoms with Crippen LogP contribution < -0.4 is 0 Å². The molecule has 1 spiro atoms. The first-order valence-electron chi connectivity index (χ1n) is 8.74. The average Bonchev–Trinajstić information content (AvgIpc) is 2.38. The predicted octanol–water partition coefficient (Wildman–Crippen LogP) is 2.48. The molecule has 6 nitrogen and oxygen atoms in total. The van der Waals surface area contributed by atoms with Gasteiger partial charge in [-0.2, -0.15) is 13.2 Å². The average molecular weight is 375 g/mol. The molecule has 9 heteroatoms. The number of ether oxygens (including phenoxy) is 1. The number of carbonyl (C=O) groups excluding carboxylic acids is 2. The molecule has 2 heterocycles. The molecule has 0 aromatic carbocycles. The molecule has 26 heavy (non-hydrogen) atoms. The minimum Gasteiger partial charge on any atom is -0.444 e. The summed E-state index contributed by atoms with van der Waals surface area (Å²) in [5.74, 6) is -0.296. The number of halogens is 3. The van der Waals surface area contributed by atoms with Crippen LogP contribution in [0.15, 0.2) is 4.99 Å². The van der Waals surface area contributed by atoms with Gasteiger partial charge in [-0.15, -0.1) is 0 Å². The molecule has 2 amide bonds. The van der Waals surface area contributed by atoms with Crippen molar-refractivity contribution in [2.75, 3.05) is 26.2 Å². The third-order valence-electron chi connectivity index (χ3n) is 5.07. The molecule has 146 valence electrons. The van der Waals surface area contributed by atoms with Gasteiger partial charge >= 0.3 is 12.3 Å². The lowest BCUT2D eigenvalue weighted by Crippen LogP contribution is -2.65. The minimum atomic E-state index is -4.43. The van der Waals surface area contributed by atoms with Crippen LogP contribution in [0.25, 0.3) is 0 Å². The van der Waals surface area contributed by atoms with Crippen molar-refractivity contribution >= 4 is 18.2 Å². The van der Waals surface area contributed by atoms with Crippen LogP contribution >= 0.6 is 0 Å².